The first-order valence-electron chi connectivity index (χ1n) is 5.79. The van der Waals surface area contributed by atoms with Crippen LogP contribution < -0.4 is 9.47 Å². The maximum absolute atomic E-state index is 11.8. The molecule has 2 rings (SSSR count). The number of hydrogen-bond donors (Lipinski definition) is 0. The van der Waals surface area contributed by atoms with Crippen LogP contribution in [-0.4, -0.2) is 20.2 Å². The van der Waals surface area contributed by atoms with Gasteiger partial charge in [0.25, 0.3) is 0 Å². The van der Waals surface area contributed by atoms with E-state index in [0.717, 1.165) is 18.4 Å². The largest absolute Gasteiger partial charge is 0.493 e. The van der Waals surface area contributed by atoms with Crippen LogP contribution in [0.15, 0.2) is 24.8 Å². The number of carbonyl (C=O) groups excluding carboxylic acids is 1. The zero-order valence-corrected chi connectivity index (χ0v) is 10.6. The summed E-state index contributed by atoms with van der Waals surface area (Å²) < 4.78 is 15.7. The molecular weight excluding hydrogens is 232 g/mol. The lowest BCUT2D eigenvalue weighted by atomic mass is 10.0. The van der Waals surface area contributed by atoms with Gasteiger partial charge in [0.1, 0.15) is 6.10 Å². The third-order valence-corrected chi connectivity index (χ3v) is 3.00. The summed E-state index contributed by atoms with van der Waals surface area (Å²) in [6.45, 7) is 3.67. The molecule has 1 aliphatic heterocycles. The van der Waals surface area contributed by atoms with Crippen molar-refractivity contribution in [3.8, 4) is 11.5 Å². The van der Waals surface area contributed by atoms with Gasteiger partial charge >= 0.3 is 5.97 Å². The molecule has 1 atom stereocenters. The number of esters is 1. The summed E-state index contributed by atoms with van der Waals surface area (Å²) in [6.07, 6.45) is 3.13. The molecule has 0 N–H and O–H groups in total. The van der Waals surface area contributed by atoms with Gasteiger partial charge in [-0.15, -0.1) is 6.58 Å². The van der Waals surface area contributed by atoms with Gasteiger partial charge in [-0.25, -0.2) is 4.79 Å². The number of ether oxygens (including phenoxy) is 3. The highest BCUT2D eigenvalue weighted by atomic mass is 16.5. The molecule has 1 heterocycles. The van der Waals surface area contributed by atoms with Crippen LogP contribution in [0.4, 0.5) is 0 Å². The number of cyclic esters (lactones) is 1. The number of benzene rings is 1. The molecule has 4 nitrogen and oxygen atoms in total. The van der Waals surface area contributed by atoms with Crippen LogP contribution >= 0.6 is 0 Å². The minimum atomic E-state index is -0.306. The minimum absolute atomic E-state index is 0.217. The first-order chi connectivity index (χ1) is 8.71. The molecule has 0 aliphatic carbocycles. The lowest BCUT2D eigenvalue weighted by Crippen LogP contribution is -1.97. The van der Waals surface area contributed by atoms with E-state index in [0.29, 0.717) is 17.1 Å². The van der Waals surface area contributed by atoms with Crippen LogP contribution in [0.1, 0.15) is 34.9 Å². The highest BCUT2D eigenvalue weighted by molar-refractivity contribution is 5.95. The molecule has 0 aromatic heterocycles. The third kappa shape index (κ3) is 2.06. The number of hydrogen-bond acceptors (Lipinski definition) is 4. The predicted octanol–water partition coefficient (Wildman–Crippen LogP) is 2.88. The van der Waals surface area contributed by atoms with Crippen LogP contribution in [-0.2, 0) is 4.74 Å². The lowest BCUT2D eigenvalue weighted by molar-refractivity contribution is 0.0370. The standard InChI is InChI=1S/C14H16O4/c1-4-5-6-11-9-7-12(16-2)13(17-3)8-10(9)14(15)18-11/h4,7-8,11H,1,5-6H2,2-3H3. The van der Waals surface area contributed by atoms with Crippen molar-refractivity contribution in [1.82, 2.24) is 0 Å². The topological polar surface area (TPSA) is 44.8 Å². The normalized spacial score (nSPS) is 17.0. The van der Waals surface area contributed by atoms with E-state index < -0.39 is 0 Å². The van der Waals surface area contributed by atoms with E-state index in [1.54, 1.807) is 20.3 Å². The highest BCUT2D eigenvalue weighted by Gasteiger charge is 2.32. The quantitative estimate of drug-likeness (QED) is 0.593. The van der Waals surface area contributed by atoms with Gasteiger partial charge in [-0.3, -0.25) is 0 Å². The molecule has 0 saturated carbocycles. The average Bonchev–Trinajstić information content (AvgIpc) is 2.71. The molecule has 0 fully saturated rings. The summed E-state index contributed by atoms with van der Waals surface area (Å²) >= 11 is 0. The van der Waals surface area contributed by atoms with Gasteiger partial charge in [-0.2, -0.15) is 0 Å². The predicted molar refractivity (Wildman–Crippen MR) is 67.1 cm³/mol. The van der Waals surface area contributed by atoms with Crippen molar-refractivity contribution in [2.45, 2.75) is 18.9 Å². The summed E-state index contributed by atoms with van der Waals surface area (Å²) in [7, 11) is 3.11. The van der Waals surface area contributed by atoms with Gasteiger partial charge in [0.05, 0.1) is 19.8 Å². The summed E-state index contributed by atoms with van der Waals surface area (Å²) in [5, 5.41) is 0. The maximum Gasteiger partial charge on any atom is 0.339 e. The van der Waals surface area contributed by atoms with Gasteiger partial charge in [0.2, 0.25) is 0 Å². The van der Waals surface area contributed by atoms with Gasteiger partial charge < -0.3 is 14.2 Å². The van der Waals surface area contributed by atoms with Crippen molar-refractivity contribution in [2.24, 2.45) is 0 Å². The first-order valence-corrected chi connectivity index (χ1v) is 5.79. The maximum atomic E-state index is 11.8. The summed E-state index contributed by atoms with van der Waals surface area (Å²) in [5.41, 5.74) is 1.42. The third-order valence-electron chi connectivity index (χ3n) is 3.00. The summed E-state index contributed by atoms with van der Waals surface area (Å²) in [4.78, 5) is 11.8. The zero-order valence-electron chi connectivity index (χ0n) is 10.6. The van der Waals surface area contributed by atoms with Gasteiger partial charge in [0, 0.05) is 5.56 Å². The van der Waals surface area contributed by atoms with Crippen LogP contribution in [0, 0.1) is 0 Å². The number of rotatable bonds is 5. The van der Waals surface area contributed by atoms with E-state index in [9.17, 15) is 4.79 Å². The molecule has 4 heteroatoms. The second-order valence-corrected chi connectivity index (χ2v) is 4.05. The molecule has 0 saturated heterocycles. The van der Waals surface area contributed by atoms with Crippen molar-refractivity contribution in [2.75, 3.05) is 14.2 Å². The minimum Gasteiger partial charge on any atom is -0.493 e. The summed E-state index contributed by atoms with van der Waals surface area (Å²) in [5.74, 6) is 0.843. The van der Waals surface area contributed by atoms with Crippen LogP contribution in [0.2, 0.25) is 0 Å². The Bertz CT molecular complexity index is 479. The lowest BCUT2D eigenvalue weighted by Gasteiger charge is -2.11. The Morgan fingerprint density at radius 1 is 1.33 bits per heavy atom. The Balaban J connectivity index is 2.40. The molecule has 1 aromatic rings. The molecule has 18 heavy (non-hydrogen) atoms. The van der Waals surface area contributed by atoms with Gasteiger partial charge in [-0.1, -0.05) is 6.08 Å². The molecule has 0 spiro atoms. The van der Waals surface area contributed by atoms with Crippen LogP contribution in [0.25, 0.3) is 0 Å². The van der Waals surface area contributed by atoms with Crippen molar-refractivity contribution in [3.63, 3.8) is 0 Å². The average molecular weight is 248 g/mol. The Kier molecular flexibility index (Phi) is 3.55. The van der Waals surface area contributed by atoms with E-state index in [1.165, 1.54) is 0 Å². The number of methoxy groups -OCH3 is 2. The zero-order chi connectivity index (χ0) is 13.1. The highest BCUT2D eigenvalue weighted by Crippen LogP contribution is 2.40. The van der Waals surface area contributed by atoms with Crippen LogP contribution in [0.5, 0.6) is 11.5 Å². The Labute approximate surface area is 106 Å². The molecule has 0 radical (unpaired) electrons. The number of fused-ring (bicyclic) bond motifs is 1. The Morgan fingerprint density at radius 2 is 2.00 bits per heavy atom. The molecule has 0 bridgehead atoms. The molecule has 1 aliphatic rings. The molecule has 1 unspecified atom stereocenters. The fraction of sp³-hybridized carbons (Fsp3) is 0.357. The molecule has 0 amide bonds. The van der Waals surface area contributed by atoms with Gasteiger partial charge in [-0.05, 0) is 25.0 Å². The van der Waals surface area contributed by atoms with Gasteiger partial charge in [0.15, 0.2) is 11.5 Å². The van der Waals surface area contributed by atoms with E-state index >= 15 is 0 Å². The van der Waals surface area contributed by atoms with Crippen molar-refractivity contribution < 1.29 is 19.0 Å². The van der Waals surface area contributed by atoms with Crippen LogP contribution in [0.3, 0.4) is 0 Å². The Hall–Kier alpha value is -1.97. The smallest absolute Gasteiger partial charge is 0.339 e. The van der Waals surface area contributed by atoms with Crippen molar-refractivity contribution in [1.29, 1.82) is 0 Å². The second-order valence-electron chi connectivity index (χ2n) is 4.05. The van der Waals surface area contributed by atoms with Crippen molar-refractivity contribution >= 4 is 5.97 Å². The van der Waals surface area contributed by atoms with E-state index in [4.69, 9.17) is 14.2 Å². The molecule has 1 aromatic carbocycles. The molecular formula is C14H16O4. The monoisotopic (exact) mass is 248 g/mol. The SMILES string of the molecule is C=CCCC1OC(=O)c2cc(OC)c(OC)cc21. The number of carbonyl (C=O) groups is 1. The van der Waals surface area contributed by atoms with E-state index in [-0.39, 0.29) is 12.1 Å². The fourth-order valence-electron chi connectivity index (χ4n) is 2.08. The number of allylic oxidation sites excluding steroid dienone is 1. The van der Waals surface area contributed by atoms with Crippen molar-refractivity contribution in [3.05, 3.63) is 35.9 Å². The first kappa shape index (κ1) is 12.5. The fourth-order valence-corrected chi connectivity index (χ4v) is 2.08. The Morgan fingerprint density at radius 3 is 2.61 bits per heavy atom. The second kappa shape index (κ2) is 5.12. The van der Waals surface area contributed by atoms with E-state index in [1.807, 2.05) is 12.1 Å². The summed E-state index contributed by atoms with van der Waals surface area (Å²) in [6, 6.07) is 3.48. The van der Waals surface area contributed by atoms with E-state index in [2.05, 4.69) is 6.58 Å². The molecule has 96 valence electrons.